The highest BCUT2D eigenvalue weighted by Crippen LogP contribution is 2.30. The van der Waals surface area contributed by atoms with E-state index >= 15 is 0 Å². The van der Waals surface area contributed by atoms with E-state index in [2.05, 4.69) is 60.4 Å². The van der Waals surface area contributed by atoms with Crippen molar-refractivity contribution in [2.45, 2.75) is 45.1 Å². The number of para-hydroxylation sites is 1. The maximum Gasteiger partial charge on any atom is 0.414 e. The number of aliphatic carboxylic acids is 2. The second kappa shape index (κ2) is 15.1. The van der Waals surface area contributed by atoms with Crippen LogP contribution in [0.4, 0.5) is 0 Å². The van der Waals surface area contributed by atoms with Crippen LogP contribution in [-0.4, -0.2) is 66.5 Å². The molecule has 7 heteroatoms. The molecule has 1 aliphatic rings. The van der Waals surface area contributed by atoms with Gasteiger partial charge in [-0.3, -0.25) is 0 Å². The normalized spacial score (nSPS) is 17.9. The molecule has 0 unspecified atom stereocenters. The van der Waals surface area contributed by atoms with Crippen molar-refractivity contribution >= 4 is 11.9 Å². The molecule has 1 saturated heterocycles. The van der Waals surface area contributed by atoms with Gasteiger partial charge in [-0.05, 0) is 49.9 Å². The number of hydrogen-bond donors (Lipinski definition) is 2. The van der Waals surface area contributed by atoms with Gasteiger partial charge in [-0.25, -0.2) is 9.59 Å². The minimum absolute atomic E-state index is 0.323. The Hall–Kier alpha value is -2.90. The second-order valence-electron chi connectivity index (χ2n) is 8.44. The molecule has 0 radical (unpaired) electrons. The zero-order valence-corrected chi connectivity index (χ0v) is 20.2. The van der Waals surface area contributed by atoms with Gasteiger partial charge in [0.2, 0.25) is 0 Å². The average Bonchev–Trinajstić information content (AvgIpc) is 2.86. The minimum Gasteiger partial charge on any atom is -0.493 e. The molecule has 2 aromatic carbocycles. The number of carbonyl (C=O) groups is 2. The SMILES string of the molecule is CCCCCN1CC[C@@H](CCOc2ccccc2-c2ccccc2)[C@@H](OC)C1.O=C(O)C(=O)O. The van der Waals surface area contributed by atoms with Crippen LogP contribution in [-0.2, 0) is 14.3 Å². The number of ether oxygens (including phenoxy) is 2. The molecule has 0 saturated carbocycles. The number of benzene rings is 2. The van der Waals surface area contributed by atoms with E-state index in [1.165, 1.54) is 44.3 Å². The first-order valence-corrected chi connectivity index (χ1v) is 11.9. The summed E-state index contributed by atoms with van der Waals surface area (Å²) in [7, 11) is 1.86. The molecular weight excluding hydrogens is 434 g/mol. The highest BCUT2D eigenvalue weighted by molar-refractivity contribution is 6.27. The first-order valence-electron chi connectivity index (χ1n) is 11.9. The van der Waals surface area contributed by atoms with Gasteiger partial charge in [0, 0.05) is 19.2 Å². The number of rotatable bonds is 10. The quantitative estimate of drug-likeness (QED) is 0.379. The van der Waals surface area contributed by atoms with Gasteiger partial charge in [-0.1, -0.05) is 68.3 Å². The Morgan fingerprint density at radius 1 is 1.00 bits per heavy atom. The Kier molecular flexibility index (Phi) is 12.1. The third-order valence-corrected chi connectivity index (χ3v) is 6.06. The Bertz CT molecular complexity index is 860. The van der Waals surface area contributed by atoms with Crippen LogP contribution in [0, 0.1) is 5.92 Å². The second-order valence-corrected chi connectivity index (χ2v) is 8.44. The van der Waals surface area contributed by atoms with Crippen molar-refractivity contribution in [3.63, 3.8) is 0 Å². The molecule has 1 fully saturated rings. The molecule has 3 rings (SSSR count). The molecule has 0 spiro atoms. The maximum atomic E-state index is 9.10. The number of likely N-dealkylation sites (tertiary alicyclic amines) is 1. The van der Waals surface area contributed by atoms with Crippen molar-refractivity contribution < 1.29 is 29.3 Å². The van der Waals surface area contributed by atoms with E-state index in [1.807, 2.05) is 13.2 Å². The number of carboxylic acid groups (broad SMARTS) is 2. The first-order chi connectivity index (χ1) is 16.5. The van der Waals surface area contributed by atoms with Crippen LogP contribution in [0.25, 0.3) is 11.1 Å². The lowest BCUT2D eigenvalue weighted by atomic mass is 9.90. The molecule has 7 nitrogen and oxygen atoms in total. The predicted octanol–water partition coefficient (Wildman–Crippen LogP) is 4.81. The van der Waals surface area contributed by atoms with Crippen molar-refractivity contribution in [2.75, 3.05) is 33.4 Å². The molecule has 1 aliphatic heterocycles. The van der Waals surface area contributed by atoms with Gasteiger partial charge < -0.3 is 24.6 Å². The molecule has 2 aromatic rings. The van der Waals surface area contributed by atoms with E-state index in [0.29, 0.717) is 12.0 Å². The molecule has 1 heterocycles. The lowest BCUT2D eigenvalue weighted by Gasteiger charge is -2.37. The highest BCUT2D eigenvalue weighted by atomic mass is 16.5. The van der Waals surface area contributed by atoms with Gasteiger partial charge in [-0.2, -0.15) is 0 Å². The van der Waals surface area contributed by atoms with E-state index in [1.54, 1.807) is 0 Å². The fourth-order valence-corrected chi connectivity index (χ4v) is 4.18. The summed E-state index contributed by atoms with van der Waals surface area (Å²) in [4.78, 5) is 20.8. The largest absolute Gasteiger partial charge is 0.493 e. The van der Waals surface area contributed by atoms with Crippen LogP contribution < -0.4 is 4.74 Å². The summed E-state index contributed by atoms with van der Waals surface area (Å²) in [6, 6.07) is 18.8. The van der Waals surface area contributed by atoms with Crippen LogP contribution in [0.3, 0.4) is 0 Å². The third kappa shape index (κ3) is 9.15. The smallest absolute Gasteiger partial charge is 0.414 e. The lowest BCUT2D eigenvalue weighted by Crippen LogP contribution is -2.45. The first kappa shape index (κ1) is 27.3. The van der Waals surface area contributed by atoms with Gasteiger partial charge in [0.15, 0.2) is 0 Å². The summed E-state index contributed by atoms with van der Waals surface area (Å²) in [5.41, 5.74) is 2.37. The van der Waals surface area contributed by atoms with Crippen LogP contribution in [0.15, 0.2) is 54.6 Å². The Morgan fingerprint density at radius 2 is 1.68 bits per heavy atom. The molecule has 2 N–H and O–H groups in total. The lowest BCUT2D eigenvalue weighted by molar-refractivity contribution is -0.159. The molecule has 0 aromatic heterocycles. The predicted molar refractivity (Wildman–Crippen MR) is 132 cm³/mol. The minimum atomic E-state index is -1.82. The number of unbranched alkanes of at least 4 members (excludes halogenated alkanes) is 2. The molecular formula is C27H37NO6. The summed E-state index contributed by atoms with van der Waals surface area (Å²) >= 11 is 0. The van der Waals surface area contributed by atoms with Crippen LogP contribution >= 0.6 is 0 Å². The van der Waals surface area contributed by atoms with Crippen molar-refractivity contribution in [1.29, 1.82) is 0 Å². The van der Waals surface area contributed by atoms with E-state index in [4.69, 9.17) is 29.3 Å². The summed E-state index contributed by atoms with van der Waals surface area (Å²) in [6.45, 7) is 6.46. The van der Waals surface area contributed by atoms with Crippen molar-refractivity contribution in [3.05, 3.63) is 54.6 Å². The fraction of sp³-hybridized carbons (Fsp3) is 0.481. The summed E-state index contributed by atoms with van der Waals surface area (Å²) < 4.78 is 12.1. The van der Waals surface area contributed by atoms with Gasteiger partial charge in [0.1, 0.15) is 5.75 Å². The van der Waals surface area contributed by atoms with Crippen LogP contribution in [0.2, 0.25) is 0 Å². The van der Waals surface area contributed by atoms with Crippen molar-refractivity contribution in [2.24, 2.45) is 5.92 Å². The van der Waals surface area contributed by atoms with Crippen LogP contribution in [0.5, 0.6) is 5.75 Å². The molecule has 34 heavy (non-hydrogen) atoms. The number of hydrogen-bond acceptors (Lipinski definition) is 5. The number of carboxylic acids is 2. The fourth-order valence-electron chi connectivity index (χ4n) is 4.18. The van der Waals surface area contributed by atoms with Gasteiger partial charge in [0.05, 0.1) is 12.7 Å². The molecule has 0 bridgehead atoms. The zero-order chi connectivity index (χ0) is 24.8. The Morgan fingerprint density at radius 3 is 2.32 bits per heavy atom. The molecule has 186 valence electrons. The average molecular weight is 472 g/mol. The third-order valence-electron chi connectivity index (χ3n) is 6.06. The number of piperidine rings is 1. The van der Waals surface area contributed by atoms with Crippen molar-refractivity contribution in [3.8, 4) is 16.9 Å². The van der Waals surface area contributed by atoms with Gasteiger partial charge >= 0.3 is 11.9 Å². The Balaban J connectivity index is 0.000000604. The zero-order valence-electron chi connectivity index (χ0n) is 20.2. The van der Waals surface area contributed by atoms with Gasteiger partial charge in [0.25, 0.3) is 0 Å². The maximum absolute atomic E-state index is 9.10. The topological polar surface area (TPSA) is 96.3 Å². The molecule has 0 aliphatic carbocycles. The van der Waals surface area contributed by atoms with E-state index in [0.717, 1.165) is 30.9 Å². The summed E-state index contributed by atoms with van der Waals surface area (Å²) in [6.07, 6.45) is 6.48. The highest BCUT2D eigenvalue weighted by Gasteiger charge is 2.28. The molecule has 0 amide bonds. The number of methoxy groups -OCH3 is 1. The summed E-state index contributed by atoms with van der Waals surface area (Å²) in [5.74, 6) is -2.10. The molecule has 2 atom stereocenters. The number of nitrogens with zero attached hydrogens (tertiary/aromatic N) is 1. The van der Waals surface area contributed by atoms with Crippen molar-refractivity contribution in [1.82, 2.24) is 4.90 Å². The monoisotopic (exact) mass is 471 g/mol. The van der Waals surface area contributed by atoms with E-state index in [9.17, 15) is 0 Å². The van der Waals surface area contributed by atoms with Gasteiger partial charge in [-0.15, -0.1) is 0 Å². The standard InChI is InChI=1S/C25H35NO2.C2H2O4/c1-3-4-10-17-26-18-15-22(25(20-26)27-2)16-19-28-24-14-9-8-13-23(24)21-11-6-5-7-12-21;3-1(4)2(5)6/h5-9,11-14,22,25H,3-4,10,15-20H2,1-2H3;(H,3,4)(H,5,6)/t22-,25-;/m0./s1. The van der Waals surface area contributed by atoms with E-state index in [-0.39, 0.29) is 0 Å². The van der Waals surface area contributed by atoms with E-state index < -0.39 is 11.9 Å². The summed E-state index contributed by atoms with van der Waals surface area (Å²) in [5, 5.41) is 14.8. The Labute approximate surface area is 202 Å². The van der Waals surface area contributed by atoms with Crippen LogP contribution in [0.1, 0.15) is 39.0 Å².